The maximum Gasteiger partial charge on any atom is 0.472 e. The van der Waals surface area contributed by atoms with Gasteiger partial charge in [0.1, 0.15) is 19.3 Å². The van der Waals surface area contributed by atoms with Gasteiger partial charge in [0.15, 0.2) is 12.2 Å². The maximum atomic E-state index is 13.0. The van der Waals surface area contributed by atoms with Gasteiger partial charge in [-0.15, -0.1) is 0 Å². The van der Waals surface area contributed by atoms with E-state index in [2.05, 4.69) is 55.4 Å². The number of carbonyl (C=O) groups is 4. The second-order valence-electron chi connectivity index (χ2n) is 27.9. The summed E-state index contributed by atoms with van der Waals surface area (Å²) in [5.41, 5.74) is 0. The molecule has 17 nitrogen and oxygen atoms in total. The van der Waals surface area contributed by atoms with Gasteiger partial charge in [0.05, 0.1) is 26.4 Å². The van der Waals surface area contributed by atoms with Crippen LogP contribution < -0.4 is 0 Å². The lowest BCUT2D eigenvalue weighted by Gasteiger charge is -2.21. The van der Waals surface area contributed by atoms with Gasteiger partial charge in [-0.25, -0.2) is 9.13 Å². The molecule has 0 spiro atoms. The van der Waals surface area contributed by atoms with Crippen molar-refractivity contribution in [3.05, 3.63) is 0 Å². The predicted molar refractivity (Wildman–Crippen MR) is 367 cm³/mol. The summed E-state index contributed by atoms with van der Waals surface area (Å²) in [6, 6.07) is 0. The third-order valence-electron chi connectivity index (χ3n) is 16.6. The summed E-state index contributed by atoms with van der Waals surface area (Å²) < 4.78 is 68.3. The van der Waals surface area contributed by atoms with E-state index in [4.69, 9.17) is 37.0 Å². The highest BCUT2D eigenvalue weighted by molar-refractivity contribution is 7.47. The van der Waals surface area contributed by atoms with Gasteiger partial charge in [-0.2, -0.15) is 0 Å². The smallest absolute Gasteiger partial charge is 0.462 e. The zero-order valence-corrected chi connectivity index (χ0v) is 61.3. The van der Waals surface area contributed by atoms with Crippen molar-refractivity contribution in [1.82, 2.24) is 0 Å². The first-order valence-electron chi connectivity index (χ1n) is 37.2. The molecule has 0 heterocycles. The highest BCUT2D eigenvalue weighted by atomic mass is 31.2. The average molecular weight is 1340 g/mol. The number of carbonyl (C=O) groups excluding carboxylic acids is 4. The van der Waals surface area contributed by atoms with E-state index in [0.717, 1.165) is 114 Å². The minimum Gasteiger partial charge on any atom is -0.462 e. The summed E-state index contributed by atoms with van der Waals surface area (Å²) >= 11 is 0. The highest BCUT2D eigenvalue weighted by Crippen LogP contribution is 2.45. The van der Waals surface area contributed by atoms with E-state index in [1.807, 2.05) is 0 Å². The summed E-state index contributed by atoms with van der Waals surface area (Å²) in [6.07, 6.45) is 44.5. The van der Waals surface area contributed by atoms with Gasteiger partial charge in [-0.1, -0.05) is 306 Å². The van der Waals surface area contributed by atoms with Gasteiger partial charge in [-0.05, 0) is 49.4 Å². The molecule has 0 saturated heterocycles. The Morgan fingerprint density at radius 2 is 0.462 bits per heavy atom. The fourth-order valence-electron chi connectivity index (χ4n) is 10.8. The number of aliphatic hydroxyl groups excluding tert-OH is 1. The summed E-state index contributed by atoms with van der Waals surface area (Å²) in [5, 5.41) is 10.6. The molecule has 0 radical (unpaired) electrons. The standard InChI is InChI=1S/C72H140O17P2/c1-62(2)48-40-32-24-18-13-10-9-11-15-21-28-38-46-54-71(76)89-68(59-83-70(75)53-45-37-31-30-35-43-51-65(7)8)61-87-91(80,81)85-57-66(73)56-84-90(78,79)86-60-67(58-82-69(74)52-44-36-27-23-17-20-26-34-42-50-64(5)6)88-72(77)55-47-39-29-22-16-12-14-19-25-33-41-49-63(3)4/h62-68,73H,9-61H2,1-8H3,(H,78,79)(H,80,81)/t66-,67-,68-/m1/s1. The molecule has 0 aliphatic carbocycles. The largest absolute Gasteiger partial charge is 0.472 e. The molecular weight excluding hydrogens is 1200 g/mol. The molecule has 0 aromatic rings. The molecule has 540 valence electrons. The SMILES string of the molecule is CC(C)CCCCCCCCCCCCCCCC(=O)O[C@H](COC(=O)CCCCCCCCC(C)C)COP(=O)(O)OC[C@H](O)COP(=O)(O)OC[C@@H](COC(=O)CCCCCCCCCCCC(C)C)OC(=O)CCCCCCCCCCCCCC(C)C. The van der Waals surface area contributed by atoms with Crippen LogP contribution in [0.3, 0.4) is 0 Å². The van der Waals surface area contributed by atoms with Crippen LogP contribution in [0.25, 0.3) is 0 Å². The Hall–Kier alpha value is -1.94. The Balaban J connectivity index is 5.24. The van der Waals surface area contributed by atoms with Crippen molar-refractivity contribution in [3.63, 3.8) is 0 Å². The van der Waals surface area contributed by atoms with Crippen LogP contribution >= 0.6 is 15.6 Å². The molecule has 0 aromatic heterocycles. The Bertz CT molecular complexity index is 1800. The van der Waals surface area contributed by atoms with E-state index in [1.165, 1.54) is 154 Å². The van der Waals surface area contributed by atoms with Gasteiger partial charge < -0.3 is 33.8 Å². The molecular formula is C72H140O17P2. The molecule has 0 saturated carbocycles. The second-order valence-corrected chi connectivity index (χ2v) is 30.8. The number of ether oxygens (including phenoxy) is 4. The first kappa shape index (κ1) is 89.1. The monoisotopic (exact) mass is 1340 g/mol. The van der Waals surface area contributed by atoms with E-state index in [1.54, 1.807) is 0 Å². The van der Waals surface area contributed by atoms with Crippen LogP contribution in [0, 0.1) is 23.7 Å². The first-order chi connectivity index (χ1) is 43.6. The normalized spacial score (nSPS) is 14.2. The number of unbranched alkanes of at least 4 members (excludes halogenated alkanes) is 35. The summed E-state index contributed by atoms with van der Waals surface area (Å²) in [7, 11) is -9.91. The lowest BCUT2D eigenvalue weighted by atomic mass is 10.0. The molecule has 0 bridgehead atoms. The Labute approximate surface area is 556 Å². The molecule has 0 amide bonds. The van der Waals surface area contributed by atoms with E-state index >= 15 is 0 Å². The predicted octanol–water partition coefficient (Wildman–Crippen LogP) is 20.5. The maximum absolute atomic E-state index is 13.0. The van der Waals surface area contributed by atoms with Crippen LogP contribution in [0.2, 0.25) is 0 Å². The van der Waals surface area contributed by atoms with Crippen LogP contribution in [-0.4, -0.2) is 96.7 Å². The average Bonchev–Trinajstić information content (AvgIpc) is 2.27. The third kappa shape index (κ3) is 66.5. The van der Waals surface area contributed by atoms with Crippen LogP contribution in [0.15, 0.2) is 0 Å². The number of rotatable bonds is 69. The van der Waals surface area contributed by atoms with E-state index in [0.29, 0.717) is 31.6 Å². The van der Waals surface area contributed by atoms with E-state index in [9.17, 15) is 43.2 Å². The second kappa shape index (κ2) is 61.6. The third-order valence-corrected chi connectivity index (χ3v) is 18.5. The number of phosphoric acid groups is 2. The molecule has 19 heteroatoms. The molecule has 0 aliphatic heterocycles. The molecule has 0 rings (SSSR count). The van der Waals surface area contributed by atoms with Crippen LogP contribution in [0.4, 0.5) is 0 Å². The van der Waals surface area contributed by atoms with Crippen LogP contribution in [0.5, 0.6) is 0 Å². The lowest BCUT2D eigenvalue weighted by molar-refractivity contribution is -0.161. The molecule has 3 N–H and O–H groups in total. The number of hydrogen-bond acceptors (Lipinski definition) is 15. The zero-order chi connectivity index (χ0) is 67.5. The lowest BCUT2D eigenvalue weighted by Crippen LogP contribution is -2.30. The van der Waals surface area contributed by atoms with Gasteiger partial charge in [-0.3, -0.25) is 37.3 Å². The van der Waals surface area contributed by atoms with Gasteiger partial charge in [0.2, 0.25) is 0 Å². The van der Waals surface area contributed by atoms with Crippen molar-refractivity contribution in [2.45, 2.75) is 375 Å². The van der Waals surface area contributed by atoms with Gasteiger partial charge in [0.25, 0.3) is 0 Å². The van der Waals surface area contributed by atoms with Crippen molar-refractivity contribution in [1.29, 1.82) is 0 Å². The molecule has 0 aliphatic rings. The van der Waals surface area contributed by atoms with Crippen molar-refractivity contribution in [3.8, 4) is 0 Å². The van der Waals surface area contributed by atoms with Crippen LogP contribution in [-0.2, 0) is 65.4 Å². The minimum absolute atomic E-state index is 0.105. The number of esters is 4. The molecule has 2 unspecified atom stereocenters. The van der Waals surface area contributed by atoms with Crippen LogP contribution in [0.1, 0.15) is 357 Å². The molecule has 91 heavy (non-hydrogen) atoms. The number of hydrogen-bond donors (Lipinski definition) is 3. The Kier molecular flexibility index (Phi) is 60.3. The van der Waals surface area contributed by atoms with E-state index < -0.39 is 97.5 Å². The topological polar surface area (TPSA) is 237 Å². The summed E-state index contributed by atoms with van der Waals surface area (Å²) in [4.78, 5) is 72.6. The van der Waals surface area contributed by atoms with Gasteiger partial charge in [0, 0.05) is 25.7 Å². The fraction of sp³-hybridized carbons (Fsp3) is 0.944. The van der Waals surface area contributed by atoms with Crippen molar-refractivity contribution in [2.24, 2.45) is 23.7 Å². The zero-order valence-electron chi connectivity index (χ0n) is 59.5. The van der Waals surface area contributed by atoms with Crippen molar-refractivity contribution >= 4 is 39.5 Å². The highest BCUT2D eigenvalue weighted by Gasteiger charge is 2.30. The quantitative estimate of drug-likeness (QED) is 0.0222. The van der Waals surface area contributed by atoms with Crippen molar-refractivity contribution < 1.29 is 80.2 Å². The van der Waals surface area contributed by atoms with E-state index in [-0.39, 0.29) is 25.7 Å². The number of aliphatic hydroxyl groups is 1. The summed E-state index contributed by atoms with van der Waals surface area (Å²) in [6.45, 7) is 14.1. The van der Waals surface area contributed by atoms with Gasteiger partial charge >= 0.3 is 39.5 Å². The Morgan fingerprint density at radius 1 is 0.275 bits per heavy atom. The van der Waals surface area contributed by atoms with Crippen molar-refractivity contribution in [2.75, 3.05) is 39.6 Å². The Morgan fingerprint density at radius 3 is 0.681 bits per heavy atom. The number of phosphoric ester groups is 2. The molecule has 0 aromatic carbocycles. The minimum atomic E-state index is -4.95. The summed E-state index contributed by atoms with van der Waals surface area (Å²) in [5.74, 6) is 0.847. The fourth-order valence-corrected chi connectivity index (χ4v) is 12.4. The molecule has 5 atom stereocenters. The first-order valence-corrected chi connectivity index (χ1v) is 40.2. The molecule has 0 fully saturated rings.